The van der Waals surface area contributed by atoms with Crippen molar-refractivity contribution >= 4 is 80.1 Å². The minimum Gasteiger partial charge on any atom is -0.309 e. The highest BCUT2D eigenvalue weighted by Gasteiger charge is 2.25. The van der Waals surface area contributed by atoms with Crippen LogP contribution in [-0.2, 0) is 0 Å². The van der Waals surface area contributed by atoms with E-state index in [1.807, 2.05) is 22.7 Å². The monoisotopic (exact) mass is 761 g/mol. The molecule has 0 saturated carbocycles. The van der Waals surface area contributed by atoms with Crippen LogP contribution in [0.4, 0.5) is 17.1 Å². The number of hydrogen-bond donors (Lipinski definition) is 0. The van der Waals surface area contributed by atoms with Gasteiger partial charge >= 0.3 is 0 Å². The van der Waals surface area contributed by atoms with Crippen LogP contribution in [0.3, 0.4) is 0 Å². The first kappa shape index (κ1) is 33.5. The van der Waals surface area contributed by atoms with Crippen molar-refractivity contribution in [2.24, 2.45) is 0 Å². The van der Waals surface area contributed by atoms with Crippen molar-refractivity contribution in [1.29, 1.82) is 0 Å². The average Bonchev–Trinajstić information content (AvgIpc) is 3.87. The SMILES string of the molecule is c1ccc(-c2ccc(N(c3ccc(-c4ccccc4)cc3)c3c(-c4cccc5c4sc4ccccc45)cccc3-c3cccc4c3sc3ccccc34)cc2)cc1. The molecule has 0 radical (unpaired) electrons. The first-order chi connectivity index (χ1) is 28.3. The Morgan fingerprint density at radius 3 is 1.07 bits per heavy atom. The van der Waals surface area contributed by atoms with Crippen LogP contribution >= 0.6 is 22.7 Å². The van der Waals surface area contributed by atoms with Crippen molar-refractivity contribution in [3.63, 3.8) is 0 Å². The van der Waals surface area contributed by atoms with E-state index in [2.05, 4.69) is 217 Å². The van der Waals surface area contributed by atoms with Crippen LogP contribution in [0.2, 0.25) is 0 Å². The van der Waals surface area contributed by atoms with Crippen LogP contribution in [0.15, 0.2) is 212 Å². The molecular weight excluding hydrogens is 727 g/mol. The van der Waals surface area contributed by atoms with Gasteiger partial charge in [-0.1, -0.05) is 176 Å². The number of para-hydroxylation sites is 1. The summed E-state index contributed by atoms with van der Waals surface area (Å²) in [6, 6.07) is 77.6. The van der Waals surface area contributed by atoms with Crippen molar-refractivity contribution in [1.82, 2.24) is 0 Å². The number of anilines is 3. The van der Waals surface area contributed by atoms with Crippen LogP contribution < -0.4 is 4.90 Å². The molecule has 2 aromatic heterocycles. The maximum absolute atomic E-state index is 2.49. The molecule has 0 atom stereocenters. The number of benzene rings is 9. The summed E-state index contributed by atoms with van der Waals surface area (Å²) in [4.78, 5) is 2.49. The van der Waals surface area contributed by atoms with Crippen LogP contribution in [0, 0.1) is 0 Å². The van der Waals surface area contributed by atoms with Crippen LogP contribution in [-0.4, -0.2) is 0 Å². The maximum Gasteiger partial charge on any atom is 0.0619 e. The molecule has 0 saturated heterocycles. The molecule has 0 fully saturated rings. The minimum atomic E-state index is 1.10. The summed E-state index contributed by atoms with van der Waals surface area (Å²) in [5.74, 6) is 0. The quantitative estimate of drug-likeness (QED) is 0.156. The van der Waals surface area contributed by atoms with Crippen LogP contribution in [0.25, 0.3) is 84.9 Å². The molecule has 0 spiro atoms. The summed E-state index contributed by atoms with van der Waals surface area (Å²) in [5, 5.41) is 5.19. The van der Waals surface area contributed by atoms with Gasteiger partial charge in [0.25, 0.3) is 0 Å². The highest BCUT2D eigenvalue weighted by atomic mass is 32.1. The fraction of sp³-hybridized carbons (Fsp3) is 0. The Bertz CT molecular complexity index is 3000. The molecule has 2 heterocycles. The number of nitrogens with zero attached hydrogens (tertiary/aromatic N) is 1. The zero-order chi connectivity index (χ0) is 37.7. The Balaban J connectivity index is 1.21. The van der Waals surface area contributed by atoms with Gasteiger partial charge in [0.2, 0.25) is 0 Å². The molecule has 0 aliphatic rings. The van der Waals surface area contributed by atoms with Gasteiger partial charge in [0, 0.05) is 74.0 Å². The number of hydrogen-bond acceptors (Lipinski definition) is 3. The molecule has 57 heavy (non-hydrogen) atoms. The molecule has 0 bridgehead atoms. The van der Waals surface area contributed by atoms with E-state index in [0.717, 1.165) is 17.1 Å². The molecule has 268 valence electrons. The van der Waals surface area contributed by atoms with Gasteiger partial charge in [-0.25, -0.2) is 0 Å². The summed E-state index contributed by atoms with van der Waals surface area (Å²) in [6.45, 7) is 0. The standard InChI is InChI=1S/C54H35NS2/c1-3-14-36(15-4-1)38-28-32-40(33-29-38)55(41-34-30-39(31-35-41)37-16-5-2-6-17-37)52-44(48-24-12-22-46-42-18-7-9-26-50(42)56-53(46)48)20-11-21-45(52)49-25-13-23-47-43-19-8-10-27-51(43)57-54(47)49/h1-35H. The molecule has 0 unspecified atom stereocenters. The Labute approximate surface area is 340 Å². The predicted octanol–water partition coefficient (Wildman–Crippen LogP) is 16.6. The molecular formula is C54H35NS2. The molecule has 3 heteroatoms. The predicted molar refractivity (Wildman–Crippen MR) is 249 cm³/mol. The van der Waals surface area contributed by atoms with E-state index in [-0.39, 0.29) is 0 Å². The van der Waals surface area contributed by atoms with Crippen LogP contribution in [0.1, 0.15) is 0 Å². The maximum atomic E-state index is 2.49. The lowest BCUT2D eigenvalue weighted by Crippen LogP contribution is -2.12. The zero-order valence-corrected chi connectivity index (χ0v) is 32.6. The third-order valence-electron chi connectivity index (χ3n) is 11.1. The van der Waals surface area contributed by atoms with Gasteiger partial charge in [-0.05, 0) is 58.7 Å². The smallest absolute Gasteiger partial charge is 0.0619 e. The van der Waals surface area contributed by atoms with Gasteiger partial charge in [0.15, 0.2) is 0 Å². The van der Waals surface area contributed by atoms with E-state index >= 15 is 0 Å². The zero-order valence-electron chi connectivity index (χ0n) is 31.0. The van der Waals surface area contributed by atoms with E-state index in [9.17, 15) is 0 Å². The molecule has 1 nitrogen and oxygen atoms in total. The van der Waals surface area contributed by atoms with Gasteiger partial charge in [0.1, 0.15) is 0 Å². The van der Waals surface area contributed by atoms with Crippen molar-refractivity contribution in [2.45, 2.75) is 0 Å². The average molecular weight is 762 g/mol. The summed E-state index contributed by atoms with van der Waals surface area (Å²) >= 11 is 3.77. The Morgan fingerprint density at radius 2 is 0.614 bits per heavy atom. The van der Waals surface area contributed by atoms with Gasteiger partial charge in [-0.2, -0.15) is 0 Å². The first-order valence-corrected chi connectivity index (χ1v) is 21.0. The highest BCUT2D eigenvalue weighted by Crippen LogP contribution is 2.52. The summed E-state index contributed by atoms with van der Waals surface area (Å²) in [5.41, 5.74) is 13.0. The molecule has 0 N–H and O–H groups in total. The van der Waals surface area contributed by atoms with E-state index in [4.69, 9.17) is 0 Å². The topological polar surface area (TPSA) is 3.24 Å². The second kappa shape index (κ2) is 14.1. The lowest BCUT2D eigenvalue weighted by Gasteiger charge is -2.31. The molecule has 11 aromatic rings. The van der Waals surface area contributed by atoms with Crippen molar-refractivity contribution in [3.05, 3.63) is 212 Å². The van der Waals surface area contributed by atoms with Gasteiger partial charge in [-0.3, -0.25) is 0 Å². The summed E-state index contributed by atoms with van der Waals surface area (Å²) in [6.07, 6.45) is 0. The molecule has 0 amide bonds. The van der Waals surface area contributed by atoms with Gasteiger partial charge in [0.05, 0.1) is 5.69 Å². The molecule has 9 aromatic carbocycles. The number of thiophene rings is 2. The van der Waals surface area contributed by atoms with Gasteiger partial charge < -0.3 is 4.90 Å². The summed E-state index contributed by atoms with van der Waals surface area (Å²) < 4.78 is 5.21. The van der Waals surface area contributed by atoms with E-state index in [0.29, 0.717) is 0 Å². The first-order valence-electron chi connectivity index (χ1n) is 19.3. The molecule has 0 aliphatic heterocycles. The van der Waals surface area contributed by atoms with Crippen LogP contribution in [0.5, 0.6) is 0 Å². The second-order valence-corrected chi connectivity index (χ2v) is 16.5. The Hall–Kier alpha value is -6.78. The Kier molecular flexibility index (Phi) is 8.28. The minimum absolute atomic E-state index is 1.10. The number of rotatable bonds is 7. The summed E-state index contributed by atoms with van der Waals surface area (Å²) in [7, 11) is 0. The fourth-order valence-electron chi connectivity index (χ4n) is 8.41. The third-order valence-corrected chi connectivity index (χ3v) is 13.6. The van der Waals surface area contributed by atoms with E-state index < -0.39 is 0 Å². The van der Waals surface area contributed by atoms with Crippen molar-refractivity contribution in [3.8, 4) is 44.5 Å². The lowest BCUT2D eigenvalue weighted by molar-refractivity contribution is 1.29. The van der Waals surface area contributed by atoms with Gasteiger partial charge in [-0.15, -0.1) is 22.7 Å². The van der Waals surface area contributed by atoms with Crippen molar-refractivity contribution in [2.75, 3.05) is 4.90 Å². The van der Waals surface area contributed by atoms with Crippen molar-refractivity contribution < 1.29 is 0 Å². The second-order valence-electron chi connectivity index (χ2n) is 14.4. The largest absolute Gasteiger partial charge is 0.309 e. The fourth-order valence-corrected chi connectivity index (χ4v) is 10.9. The van der Waals surface area contributed by atoms with E-state index in [1.54, 1.807) is 0 Å². The van der Waals surface area contributed by atoms with E-state index in [1.165, 1.54) is 84.9 Å². The lowest BCUT2D eigenvalue weighted by atomic mass is 9.92. The third kappa shape index (κ3) is 5.83. The highest BCUT2D eigenvalue weighted by molar-refractivity contribution is 7.26. The normalized spacial score (nSPS) is 11.5. The molecule has 11 rings (SSSR count). The Morgan fingerprint density at radius 1 is 0.263 bits per heavy atom. The number of fused-ring (bicyclic) bond motifs is 6. The molecule has 0 aliphatic carbocycles.